The fourth-order valence-electron chi connectivity index (χ4n) is 3.56. The number of hydrogen-bond donors (Lipinski definition) is 0. The summed E-state index contributed by atoms with van der Waals surface area (Å²) >= 11 is 8.39. The fourth-order valence-corrected chi connectivity index (χ4v) is 4.49. The lowest BCUT2D eigenvalue weighted by atomic mass is 10.1. The number of rotatable bonds is 5. The molecule has 0 radical (unpaired) electrons. The highest BCUT2D eigenvalue weighted by atomic mass is 35.5. The van der Waals surface area contributed by atoms with Crippen LogP contribution in [0.25, 0.3) is 11.4 Å². The lowest BCUT2D eigenvalue weighted by Gasteiger charge is -2.21. The Morgan fingerprint density at radius 3 is 2.63 bits per heavy atom. The van der Waals surface area contributed by atoms with E-state index in [1.165, 1.54) is 4.88 Å². The number of nitrogens with zero attached hydrogens (tertiary/aromatic N) is 5. The van der Waals surface area contributed by atoms with Gasteiger partial charge in [-0.05, 0) is 37.9 Å². The van der Waals surface area contributed by atoms with E-state index >= 15 is 0 Å². The first-order valence-electron chi connectivity index (χ1n) is 9.22. The second-order valence-electron chi connectivity index (χ2n) is 7.05. The molecule has 0 aromatic carbocycles. The average Bonchev–Trinajstić information content (AvgIpc) is 3.32. The van der Waals surface area contributed by atoms with E-state index in [1.54, 1.807) is 4.68 Å². The Hall–Kier alpha value is -1.67. The van der Waals surface area contributed by atoms with E-state index in [1.807, 2.05) is 31.4 Å². The van der Waals surface area contributed by atoms with E-state index in [4.69, 9.17) is 16.1 Å². The molecule has 0 saturated carbocycles. The van der Waals surface area contributed by atoms with Crippen LogP contribution in [-0.2, 0) is 20.1 Å². The molecule has 144 valence electrons. The highest BCUT2D eigenvalue weighted by Gasteiger charge is 2.23. The first-order chi connectivity index (χ1) is 13.1. The van der Waals surface area contributed by atoms with Gasteiger partial charge < -0.3 is 4.52 Å². The van der Waals surface area contributed by atoms with Crippen molar-refractivity contribution in [1.82, 2.24) is 24.7 Å². The summed E-state index contributed by atoms with van der Waals surface area (Å²) in [6.45, 7) is 7.98. The lowest BCUT2D eigenvalue weighted by molar-refractivity contribution is 0.248. The lowest BCUT2D eigenvalue weighted by Crippen LogP contribution is -2.30. The van der Waals surface area contributed by atoms with Gasteiger partial charge in [-0.1, -0.05) is 22.8 Å². The molecule has 6 nitrogen and oxygen atoms in total. The standard InChI is InChI=1S/C19H24ClN5OS/c1-14-11-17(22-26-14)18-16(19(20)23(2)21-18)13-25-7-4-6-24(8-9-25)12-15-5-3-10-27-15/h3,5,10-11H,4,6-9,12-13H2,1-2H3. The molecule has 4 rings (SSSR count). The van der Waals surface area contributed by atoms with E-state index in [0.717, 1.165) is 68.4 Å². The van der Waals surface area contributed by atoms with Crippen LogP contribution in [0.3, 0.4) is 0 Å². The van der Waals surface area contributed by atoms with Crippen LogP contribution in [0, 0.1) is 6.92 Å². The van der Waals surface area contributed by atoms with E-state index in [9.17, 15) is 0 Å². The fraction of sp³-hybridized carbons (Fsp3) is 0.474. The molecular weight excluding hydrogens is 382 g/mol. The van der Waals surface area contributed by atoms with Gasteiger partial charge in [-0.2, -0.15) is 5.10 Å². The molecule has 1 fully saturated rings. The van der Waals surface area contributed by atoms with Crippen LogP contribution in [-0.4, -0.2) is 50.9 Å². The highest BCUT2D eigenvalue weighted by molar-refractivity contribution is 7.09. The zero-order valence-corrected chi connectivity index (χ0v) is 17.3. The second-order valence-corrected chi connectivity index (χ2v) is 8.44. The predicted molar refractivity (Wildman–Crippen MR) is 108 cm³/mol. The number of thiophene rings is 1. The summed E-state index contributed by atoms with van der Waals surface area (Å²) in [6.07, 6.45) is 1.15. The van der Waals surface area contributed by atoms with E-state index in [2.05, 4.69) is 37.6 Å². The molecule has 0 N–H and O–H groups in total. The largest absolute Gasteiger partial charge is 0.361 e. The molecule has 4 heterocycles. The van der Waals surface area contributed by atoms with Crippen molar-refractivity contribution in [2.75, 3.05) is 26.2 Å². The summed E-state index contributed by atoms with van der Waals surface area (Å²) in [6, 6.07) is 6.25. The summed E-state index contributed by atoms with van der Waals surface area (Å²) < 4.78 is 6.95. The van der Waals surface area contributed by atoms with Crippen molar-refractivity contribution in [2.45, 2.75) is 26.4 Å². The number of aromatic nitrogens is 3. The molecule has 0 atom stereocenters. The van der Waals surface area contributed by atoms with Crippen molar-refractivity contribution in [1.29, 1.82) is 0 Å². The van der Waals surface area contributed by atoms with E-state index in [-0.39, 0.29) is 0 Å². The third kappa shape index (κ3) is 4.27. The maximum Gasteiger partial charge on any atom is 0.134 e. The molecular formula is C19H24ClN5OS. The molecule has 8 heteroatoms. The second kappa shape index (κ2) is 8.14. The Morgan fingerprint density at radius 1 is 1.19 bits per heavy atom. The van der Waals surface area contributed by atoms with Gasteiger partial charge in [0.25, 0.3) is 0 Å². The normalized spacial score (nSPS) is 16.7. The van der Waals surface area contributed by atoms with Crippen molar-refractivity contribution >= 4 is 22.9 Å². The highest BCUT2D eigenvalue weighted by Crippen LogP contribution is 2.29. The first-order valence-corrected chi connectivity index (χ1v) is 10.5. The third-order valence-electron chi connectivity index (χ3n) is 4.96. The Bertz CT molecular complexity index is 888. The first kappa shape index (κ1) is 18.7. The van der Waals surface area contributed by atoms with Gasteiger partial charge in [0.2, 0.25) is 0 Å². The molecule has 27 heavy (non-hydrogen) atoms. The molecule has 0 unspecified atom stereocenters. The maximum absolute atomic E-state index is 6.56. The summed E-state index contributed by atoms with van der Waals surface area (Å²) in [4.78, 5) is 6.44. The molecule has 0 bridgehead atoms. The van der Waals surface area contributed by atoms with Gasteiger partial charge in [-0.15, -0.1) is 11.3 Å². The van der Waals surface area contributed by atoms with Crippen LogP contribution in [0.4, 0.5) is 0 Å². The van der Waals surface area contributed by atoms with Crippen molar-refractivity contribution in [2.24, 2.45) is 7.05 Å². The molecule has 0 spiro atoms. The predicted octanol–water partition coefficient (Wildman–Crippen LogP) is 3.81. The van der Waals surface area contributed by atoms with Gasteiger partial charge in [0.1, 0.15) is 22.3 Å². The quantitative estimate of drug-likeness (QED) is 0.646. The zero-order chi connectivity index (χ0) is 18.8. The van der Waals surface area contributed by atoms with Crippen LogP contribution in [0.2, 0.25) is 5.15 Å². The zero-order valence-electron chi connectivity index (χ0n) is 15.7. The summed E-state index contributed by atoms with van der Waals surface area (Å²) in [5.41, 5.74) is 2.59. The Kier molecular flexibility index (Phi) is 5.63. The summed E-state index contributed by atoms with van der Waals surface area (Å²) in [5, 5.41) is 11.5. The Balaban J connectivity index is 1.46. The molecule has 1 aliphatic rings. The van der Waals surface area contributed by atoms with Crippen LogP contribution in [0.5, 0.6) is 0 Å². The van der Waals surface area contributed by atoms with Gasteiger partial charge >= 0.3 is 0 Å². The molecule has 0 aliphatic carbocycles. The monoisotopic (exact) mass is 405 g/mol. The minimum absolute atomic E-state index is 0.672. The van der Waals surface area contributed by atoms with Crippen molar-refractivity contribution < 1.29 is 4.52 Å². The van der Waals surface area contributed by atoms with Crippen LogP contribution >= 0.6 is 22.9 Å². The molecule has 1 saturated heterocycles. The smallest absolute Gasteiger partial charge is 0.134 e. The molecule has 3 aromatic heterocycles. The van der Waals surface area contributed by atoms with Crippen molar-refractivity contribution in [3.8, 4) is 11.4 Å². The maximum atomic E-state index is 6.56. The molecule has 1 aliphatic heterocycles. The average molecular weight is 406 g/mol. The van der Waals surface area contributed by atoms with Crippen LogP contribution in [0.1, 0.15) is 22.6 Å². The summed E-state index contributed by atoms with van der Waals surface area (Å²) in [5.74, 6) is 0.775. The SMILES string of the molecule is Cc1cc(-c2nn(C)c(Cl)c2CN2CCCN(Cc3cccs3)CC2)no1. The minimum Gasteiger partial charge on any atom is -0.361 e. The topological polar surface area (TPSA) is 50.3 Å². The van der Waals surface area contributed by atoms with Crippen LogP contribution in [0.15, 0.2) is 28.1 Å². The number of hydrogen-bond acceptors (Lipinski definition) is 6. The summed E-state index contributed by atoms with van der Waals surface area (Å²) in [7, 11) is 1.87. The Morgan fingerprint density at radius 2 is 1.96 bits per heavy atom. The van der Waals surface area contributed by atoms with Crippen LogP contribution < -0.4 is 0 Å². The molecule has 0 amide bonds. The number of aryl methyl sites for hydroxylation is 2. The van der Waals surface area contributed by atoms with Gasteiger partial charge in [-0.25, -0.2) is 0 Å². The Labute approximate surface area is 168 Å². The van der Waals surface area contributed by atoms with Crippen molar-refractivity contribution in [3.63, 3.8) is 0 Å². The van der Waals surface area contributed by atoms with Gasteiger partial charge in [0.15, 0.2) is 0 Å². The molecule has 3 aromatic rings. The van der Waals surface area contributed by atoms with E-state index < -0.39 is 0 Å². The van der Waals surface area contributed by atoms with E-state index in [0.29, 0.717) is 5.15 Å². The van der Waals surface area contributed by atoms with Gasteiger partial charge in [-0.3, -0.25) is 14.5 Å². The minimum atomic E-state index is 0.672. The van der Waals surface area contributed by atoms with Gasteiger partial charge in [0.05, 0.1) is 0 Å². The number of halogens is 1. The third-order valence-corrected chi connectivity index (χ3v) is 6.30. The van der Waals surface area contributed by atoms with Crippen molar-refractivity contribution in [3.05, 3.63) is 44.9 Å². The van der Waals surface area contributed by atoms with Gasteiger partial charge in [0, 0.05) is 49.7 Å².